The van der Waals surface area contributed by atoms with Gasteiger partial charge in [-0.25, -0.2) is 9.02 Å². The van der Waals surface area contributed by atoms with Crippen LogP contribution in [0.5, 0.6) is 0 Å². The van der Waals surface area contributed by atoms with E-state index < -0.39 is 5.82 Å². The SMILES string of the molecule is ON=C(Cc1ccc(F)c(Cl)c1)c1nonc1CNCCc1ccncc1. The number of aromatic nitrogens is 3. The molecule has 0 aliphatic carbocycles. The summed E-state index contributed by atoms with van der Waals surface area (Å²) in [6.07, 6.45) is 4.54. The molecular weight excluding hydrogens is 373 g/mol. The van der Waals surface area contributed by atoms with Gasteiger partial charge in [-0.3, -0.25) is 4.98 Å². The van der Waals surface area contributed by atoms with Gasteiger partial charge < -0.3 is 10.5 Å². The van der Waals surface area contributed by atoms with Gasteiger partial charge in [-0.2, -0.15) is 0 Å². The molecule has 3 aromatic rings. The Balaban J connectivity index is 1.61. The average Bonchev–Trinajstić information content (AvgIpc) is 3.15. The summed E-state index contributed by atoms with van der Waals surface area (Å²) in [6, 6.07) is 8.20. The van der Waals surface area contributed by atoms with Crippen molar-refractivity contribution in [3.05, 3.63) is 76.1 Å². The lowest BCUT2D eigenvalue weighted by atomic mass is 10.0. The molecule has 2 aromatic heterocycles. The lowest BCUT2D eigenvalue weighted by molar-refractivity contribution is 0.300. The molecule has 0 saturated carbocycles. The second-order valence-electron chi connectivity index (χ2n) is 5.81. The largest absolute Gasteiger partial charge is 0.411 e. The van der Waals surface area contributed by atoms with Crippen molar-refractivity contribution in [2.24, 2.45) is 5.16 Å². The summed E-state index contributed by atoms with van der Waals surface area (Å²) >= 11 is 5.79. The maximum atomic E-state index is 13.3. The Morgan fingerprint density at radius 2 is 2.00 bits per heavy atom. The summed E-state index contributed by atoms with van der Waals surface area (Å²) < 4.78 is 18.1. The predicted molar refractivity (Wildman–Crippen MR) is 97.4 cm³/mol. The molecule has 2 N–H and O–H groups in total. The van der Waals surface area contributed by atoms with E-state index in [-0.39, 0.29) is 17.2 Å². The fourth-order valence-corrected chi connectivity index (χ4v) is 2.74. The number of hydrogen-bond donors (Lipinski definition) is 2. The summed E-state index contributed by atoms with van der Waals surface area (Å²) in [7, 11) is 0. The highest BCUT2D eigenvalue weighted by atomic mass is 35.5. The van der Waals surface area contributed by atoms with E-state index in [1.54, 1.807) is 18.5 Å². The number of hydrogen-bond acceptors (Lipinski definition) is 7. The lowest BCUT2D eigenvalue weighted by Gasteiger charge is -2.06. The highest BCUT2D eigenvalue weighted by molar-refractivity contribution is 6.30. The van der Waals surface area contributed by atoms with Gasteiger partial charge in [-0.05, 0) is 53.5 Å². The van der Waals surface area contributed by atoms with Crippen LogP contribution >= 0.6 is 11.6 Å². The van der Waals surface area contributed by atoms with E-state index >= 15 is 0 Å². The number of halogens is 2. The Morgan fingerprint density at radius 3 is 2.74 bits per heavy atom. The standard InChI is InChI=1S/C18H17ClFN5O2/c19-14-9-13(1-2-15(14)20)10-16(23-26)18-17(24-27-25-18)11-22-8-5-12-3-6-21-7-4-12/h1-4,6-7,9,22,26H,5,8,10-11H2. The molecule has 0 aliphatic rings. The second-order valence-corrected chi connectivity index (χ2v) is 6.22. The van der Waals surface area contributed by atoms with Crippen LogP contribution < -0.4 is 5.32 Å². The summed E-state index contributed by atoms with van der Waals surface area (Å²) in [5.74, 6) is -0.509. The first-order valence-corrected chi connectivity index (χ1v) is 8.61. The molecule has 0 fully saturated rings. The molecule has 140 valence electrons. The van der Waals surface area contributed by atoms with E-state index in [1.807, 2.05) is 12.1 Å². The van der Waals surface area contributed by atoms with Gasteiger partial charge in [0.25, 0.3) is 0 Å². The van der Waals surface area contributed by atoms with Crippen molar-refractivity contribution in [2.45, 2.75) is 19.4 Å². The molecule has 0 aliphatic heterocycles. The summed E-state index contributed by atoms with van der Waals surface area (Å²) in [5, 5.41) is 23.6. The van der Waals surface area contributed by atoms with Crippen molar-refractivity contribution in [1.82, 2.24) is 20.6 Å². The van der Waals surface area contributed by atoms with Crippen LogP contribution in [-0.2, 0) is 19.4 Å². The number of nitrogens with one attached hydrogen (secondary N) is 1. The predicted octanol–water partition coefficient (Wildman–Crippen LogP) is 3.01. The normalized spacial score (nSPS) is 11.7. The highest BCUT2D eigenvalue weighted by Crippen LogP contribution is 2.18. The Morgan fingerprint density at radius 1 is 1.19 bits per heavy atom. The van der Waals surface area contributed by atoms with Crippen LogP contribution in [0.25, 0.3) is 0 Å². The molecule has 0 unspecified atom stereocenters. The number of rotatable bonds is 8. The number of oxime groups is 1. The van der Waals surface area contributed by atoms with E-state index in [4.69, 9.17) is 16.2 Å². The zero-order valence-electron chi connectivity index (χ0n) is 14.3. The third kappa shape index (κ3) is 5.08. The second kappa shape index (κ2) is 9.20. The van der Waals surface area contributed by atoms with Crippen molar-refractivity contribution in [1.29, 1.82) is 0 Å². The summed E-state index contributed by atoms with van der Waals surface area (Å²) in [5.41, 5.74) is 2.96. The molecule has 0 atom stereocenters. The summed E-state index contributed by atoms with van der Waals surface area (Å²) in [4.78, 5) is 3.98. The van der Waals surface area contributed by atoms with Crippen LogP contribution in [0.2, 0.25) is 5.02 Å². The third-order valence-corrected chi connectivity index (χ3v) is 4.23. The maximum Gasteiger partial charge on any atom is 0.157 e. The first-order chi connectivity index (χ1) is 13.2. The van der Waals surface area contributed by atoms with Crippen molar-refractivity contribution in [3.8, 4) is 0 Å². The van der Waals surface area contributed by atoms with E-state index in [0.29, 0.717) is 23.5 Å². The third-order valence-electron chi connectivity index (χ3n) is 3.94. The zero-order valence-corrected chi connectivity index (χ0v) is 15.0. The molecule has 9 heteroatoms. The zero-order chi connectivity index (χ0) is 19.1. The van der Waals surface area contributed by atoms with Crippen molar-refractivity contribution in [3.63, 3.8) is 0 Å². The molecule has 0 spiro atoms. The molecule has 0 radical (unpaired) electrons. The minimum absolute atomic E-state index is 0.000990. The Labute approximate surface area is 159 Å². The lowest BCUT2D eigenvalue weighted by Crippen LogP contribution is -2.19. The Hall–Kier alpha value is -2.84. The van der Waals surface area contributed by atoms with Crippen molar-refractivity contribution < 1.29 is 14.2 Å². The highest BCUT2D eigenvalue weighted by Gasteiger charge is 2.18. The number of nitrogens with zero attached hydrogens (tertiary/aromatic N) is 4. The van der Waals surface area contributed by atoms with E-state index in [1.165, 1.54) is 17.7 Å². The van der Waals surface area contributed by atoms with Crippen LogP contribution in [0.4, 0.5) is 4.39 Å². The van der Waals surface area contributed by atoms with E-state index in [2.05, 4.69) is 25.8 Å². The molecule has 0 amide bonds. The monoisotopic (exact) mass is 389 g/mol. The van der Waals surface area contributed by atoms with Gasteiger partial charge in [-0.1, -0.05) is 28.0 Å². The fourth-order valence-electron chi connectivity index (χ4n) is 2.54. The quantitative estimate of drug-likeness (QED) is 0.266. The minimum Gasteiger partial charge on any atom is -0.411 e. The van der Waals surface area contributed by atoms with Crippen molar-refractivity contribution >= 4 is 17.3 Å². The Bertz CT molecular complexity index is 917. The summed E-state index contributed by atoms with van der Waals surface area (Å²) in [6.45, 7) is 1.11. The van der Waals surface area contributed by atoms with Crippen LogP contribution in [0.3, 0.4) is 0 Å². The van der Waals surface area contributed by atoms with Crippen LogP contribution in [0.1, 0.15) is 22.5 Å². The van der Waals surface area contributed by atoms with Gasteiger partial charge in [0.05, 0.1) is 5.02 Å². The fraction of sp³-hybridized carbons (Fsp3) is 0.222. The minimum atomic E-state index is -0.509. The Kier molecular flexibility index (Phi) is 6.45. The van der Waals surface area contributed by atoms with Gasteiger partial charge in [0.1, 0.15) is 17.2 Å². The topological polar surface area (TPSA) is 96.4 Å². The van der Waals surface area contributed by atoms with Crippen LogP contribution in [-0.4, -0.2) is 32.8 Å². The number of benzene rings is 1. The van der Waals surface area contributed by atoms with Gasteiger partial charge in [-0.15, -0.1) is 0 Å². The van der Waals surface area contributed by atoms with E-state index in [9.17, 15) is 9.60 Å². The molecule has 3 rings (SSSR count). The van der Waals surface area contributed by atoms with Crippen molar-refractivity contribution in [2.75, 3.05) is 6.54 Å². The molecule has 1 aromatic carbocycles. The molecule has 2 heterocycles. The number of pyridine rings is 1. The van der Waals surface area contributed by atoms with Crippen LogP contribution in [0, 0.1) is 5.82 Å². The van der Waals surface area contributed by atoms with Gasteiger partial charge in [0.2, 0.25) is 0 Å². The first kappa shape index (κ1) is 18.9. The van der Waals surface area contributed by atoms with Gasteiger partial charge >= 0.3 is 0 Å². The van der Waals surface area contributed by atoms with E-state index in [0.717, 1.165) is 13.0 Å². The van der Waals surface area contributed by atoms with Crippen LogP contribution in [0.15, 0.2) is 52.5 Å². The molecule has 0 saturated heterocycles. The smallest absolute Gasteiger partial charge is 0.157 e. The molecule has 27 heavy (non-hydrogen) atoms. The van der Waals surface area contributed by atoms with Gasteiger partial charge in [0.15, 0.2) is 5.69 Å². The first-order valence-electron chi connectivity index (χ1n) is 8.23. The molecule has 0 bridgehead atoms. The maximum absolute atomic E-state index is 13.3. The molecule has 7 nitrogen and oxygen atoms in total. The van der Waals surface area contributed by atoms with Gasteiger partial charge in [0, 0.05) is 25.4 Å². The molecular formula is C18H17ClFN5O2. The average molecular weight is 390 g/mol.